The molecule has 0 unspecified atom stereocenters. The number of anilines is 1. The molecule has 1 aliphatic rings. The van der Waals surface area contributed by atoms with Gasteiger partial charge in [0.25, 0.3) is 0 Å². The average molecular weight is 297 g/mol. The molecule has 0 atom stereocenters. The molecule has 5 nitrogen and oxygen atoms in total. The third-order valence-electron chi connectivity index (χ3n) is 3.64. The van der Waals surface area contributed by atoms with E-state index in [0.717, 1.165) is 25.7 Å². The molecule has 2 N–H and O–H groups in total. The lowest BCUT2D eigenvalue weighted by Crippen LogP contribution is -2.41. The molecule has 0 spiro atoms. The van der Waals surface area contributed by atoms with E-state index >= 15 is 0 Å². The molecule has 2 rings (SSSR count). The Labute approximate surface area is 121 Å². The Morgan fingerprint density at radius 3 is 2.50 bits per heavy atom. The SMILES string of the molecule is CC(C)CN(C1CCCC1)S(=O)(=O)c1ccc(N)nc1. The first-order valence-electron chi connectivity index (χ1n) is 7.14. The molecular weight excluding hydrogens is 274 g/mol. The van der Waals surface area contributed by atoms with Crippen LogP contribution in [0.15, 0.2) is 23.2 Å². The van der Waals surface area contributed by atoms with Crippen LogP contribution in [0.1, 0.15) is 39.5 Å². The van der Waals surface area contributed by atoms with Crippen LogP contribution in [0, 0.1) is 5.92 Å². The van der Waals surface area contributed by atoms with Crippen molar-refractivity contribution in [2.24, 2.45) is 5.92 Å². The van der Waals surface area contributed by atoms with Crippen LogP contribution in [-0.4, -0.2) is 30.3 Å². The van der Waals surface area contributed by atoms with Gasteiger partial charge in [-0.1, -0.05) is 26.7 Å². The maximum absolute atomic E-state index is 12.8. The van der Waals surface area contributed by atoms with Crippen LogP contribution < -0.4 is 5.73 Å². The van der Waals surface area contributed by atoms with Gasteiger partial charge in [-0.2, -0.15) is 4.31 Å². The second-order valence-corrected chi connectivity index (χ2v) is 7.72. The zero-order valence-corrected chi connectivity index (χ0v) is 12.9. The van der Waals surface area contributed by atoms with Crippen molar-refractivity contribution in [3.8, 4) is 0 Å². The molecule has 1 fully saturated rings. The van der Waals surface area contributed by atoms with Crippen molar-refractivity contribution in [2.75, 3.05) is 12.3 Å². The first-order chi connectivity index (χ1) is 9.41. The molecule has 0 saturated heterocycles. The summed E-state index contributed by atoms with van der Waals surface area (Å²) in [6, 6.07) is 3.20. The summed E-state index contributed by atoms with van der Waals surface area (Å²) in [5.74, 6) is 0.632. The van der Waals surface area contributed by atoms with Gasteiger partial charge < -0.3 is 5.73 Å². The number of aromatic nitrogens is 1. The Morgan fingerprint density at radius 2 is 2.00 bits per heavy atom. The first-order valence-corrected chi connectivity index (χ1v) is 8.58. The zero-order valence-electron chi connectivity index (χ0n) is 12.1. The van der Waals surface area contributed by atoms with Crippen molar-refractivity contribution < 1.29 is 8.42 Å². The van der Waals surface area contributed by atoms with Crippen LogP contribution in [0.5, 0.6) is 0 Å². The highest BCUT2D eigenvalue weighted by Gasteiger charge is 2.33. The zero-order chi connectivity index (χ0) is 14.8. The normalized spacial score (nSPS) is 17.2. The number of nitrogens with zero attached hydrogens (tertiary/aromatic N) is 2. The van der Waals surface area contributed by atoms with Gasteiger partial charge in [0, 0.05) is 18.8 Å². The highest BCUT2D eigenvalue weighted by molar-refractivity contribution is 7.89. The Morgan fingerprint density at radius 1 is 1.35 bits per heavy atom. The highest BCUT2D eigenvalue weighted by Crippen LogP contribution is 2.29. The Kier molecular flexibility index (Phi) is 4.65. The van der Waals surface area contributed by atoms with Crippen LogP contribution in [0.2, 0.25) is 0 Å². The number of rotatable bonds is 5. The molecule has 1 aromatic rings. The summed E-state index contributed by atoms with van der Waals surface area (Å²) in [5.41, 5.74) is 5.53. The van der Waals surface area contributed by atoms with Gasteiger partial charge >= 0.3 is 0 Å². The van der Waals surface area contributed by atoms with E-state index in [-0.39, 0.29) is 10.9 Å². The maximum Gasteiger partial charge on any atom is 0.244 e. The largest absolute Gasteiger partial charge is 0.384 e. The van der Waals surface area contributed by atoms with Crippen LogP contribution in [0.3, 0.4) is 0 Å². The van der Waals surface area contributed by atoms with Gasteiger partial charge in [-0.05, 0) is 30.9 Å². The summed E-state index contributed by atoms with van der Waals surface area (Å²) in [4.78, 5) is 4.14. The van der Waals surface area contributed by atoms with Gasteiger partial charge in [-0.15, -0.1) is 0 Å². The van der Waals surface area contributed by atoms with Crippen LogP contribution in [0.25, 0.3) is 0 Å². The van der Waals surface area contributed by atoms with Gasteiger partial charge in [0.2, 0.25) is 10.0 Å². The molecule has 1 saturated carbocycles. The molecule has 1 heterocycles. The Hall–Kier alpha value is -1.14. The number of sulfonamides is 1. The average Bonchev–Trinajstić information content (AvgIpc) is 2.89. The van der Waals surface area contributed by atoms with E-state index in [1.807, 2.05) is 13.8 Å². The predicted octanol–water partition coefficient (Wildman–Crippen LogP) is 2.25. The number of hydrogen-bond acceptors (Lipinski definition) is 4. The van der Waals surface area contributed by atoms with E-state index in [0.29, 0.717) is 18.3 Å². The van der Waals surface area contributed by atoms with Crippen LogP contribution in [-0.2, 0) is 10.0 Å². The van der Waals surface area contributed by atoms with Gasteiger partial charge in [0.1, 0.15) is 10.7 Å². The number of pyridine rings is 1. The number of nitrogen functional groups attached to an aromatic ring is 1. The number of nitrogens with two attached hydrogens (primary N) is 1. The lowest BCUT2D eigenvalue weighted by molar-refractivity contribution is 0.292. The van der Waals surface area contributed by atoms with Crippen molar-refractivity contribution in [1.82, 2.24) is 9.29 Å². The standard InChI is InChI=1S/C14H23N3O2S/c1-11(2)10-17(12-5-3-4-6-12)20(18,19)13-7-8-14(15)16-9-13/h7-9,11-12H,3-6,10H2,1-2H3,(H2,15,16). The smallest absolute Gasteiger partial charge is 0.244 e. The van der Waals surface area contributed by atoms with E-state index in [1.54, 1.807) is 10.4 Å². The molecule has 112 valence electrons. The van der Waals surface area contributed by atoms with E-state index in [2.05, 4.69) is 4.98 Å². The monoisotopic (exact) mass is 297 g/mol. The molecular formula is C14H23N3O2S. The van der Waals surface area contributed by atoms with Crippen molar-refractivity contribution in [1.29, 1.82) is 0 Å². The fourth-order valence-corrected chi connectivity index (χ4v) is 4.47. The van der Waals surface area contributed by atoms with E-state index < -0.39 is 10.0 Å². The summed E-state index contributed by atoms with van der Waals surface area (Å²) in [6.45, 7) is 4.63. The summed E-state index contributed by atoms with van der Waals surface area (Å²) < 4.78 is 27.3. The summed E-state index contributed by atoms with van der Waals surface area (Å²) in [7, 11) is -3.48. The molecule has 0 radical (unpaired) electrons. The van der Waals surface area contributed by atoms with Crippen LogP contribution >= 0.6 is 0 Å². The fraction of sp³-hybridized carbons (Fsp3) is 0.643. The highest BCUT2D eigenvalue weighted by atomic mass is 32.2. The third kappa shape index (κ3) is 3.30. The van der Waals surface area contributed by atoms with E-state index in [4.69, 9.17) is 5.73 Å². The van der Waals surface area contributed by atoms with Gasteiger partial charge in [-0.3, -0.25) is 0 Å². The van der Waals surface area contributed by atoms with Crippen molar-refractivity contribution in [2.45, 2.75) is 50.5 Å². The van der Waals surface area contributed by atoms with Gasteiger partial charge in [-0.25, -0.2) is 13.4 Å². The third-order valence-corrected chi connectivity index (χ3v) is 5.54. The minimum Gasteiger partial charge on any atom is -0.384 e. The fourth-order valence-electron chi connectivity index (χ4n) is 2.68. The Balaban J connectivity index is 2.32. The Bertz CT molecular complexity index is 534. The summed E-state index contributed by atoms with van der Waals surface area (Å²) >= 11 is 0. The van der Waals surface area contributed by atoms with Crippen molar-refractivity contribution in [3.63, 3.8) is 0 Å². The molecule has 1 aromatic heterocycles. The second-order valence-electron chi connectivity index (χ2n) is 5.83. The molecule has 1 aliphatic carbocycles. The quantitative estimate of drug-likeness (QED) is 0.904. The predicted molar refractivity (Wildman–Crippen MR) is 79.6 cm³/mol. The summed E-state index contributed by atoms with van der Waals surface area (Å²) in [6.07, 6.45) is 5.47. The van der Waals surface area contributed by atoms with Crippen molar-refractivity contribution >= 4 is 15.8 Å². The van der Waals surface area contributed by atoms with E-state index in [1.165, 1.54) is 12.3 Å². The molecule has 0 bridgehead atoms. The van der Waals surface area contributed by atoms with Crippen LogP contribution in [0.4, 0.5) is 5.82 Å². The second kappa shape index (κ2) is 6.10. The minimum absolute atomic E-state index is 0.125. The lowest BCUT2D eigenvalue weighted by atomic mass is 10.2. The molecule has 0 aliphatic heterocycles. The summed E-state index contributed by atoms with van der Waals surface area (Å²) in [5, 5.41) is 0. The number of hydrogen-bond donors (Lipinski definition) is 1. The minimum atomic E-state index is -3.48. The van der Waals surface area contributed by atoms with Gasteiger partial charge in [0.15, 0.2) is 0 Å². The molecule has 0 aromatic carbocycles. The molecule has 6 heteroatoms. The lowest BCUT2D eigenvalue weighted by Gasteiger charge is -2.29. The maximum atomic E-state index is 12.8. The van der Waals surface area contributed by atoms with E-state index in [9.17, 15) is 8.42 Å². The van der Waals surface area contributed by atoms with Crippen molar-refractivity contribution in [3.05, 3.63) is 18.3 Å². The molecule has 0 amide bonds. The molecule has 20 heavy (non-hydrogen) atoms. The van der Waals surface area contributed by atoms with Gasteiger partial charge in [0.05, 0.1) is 0 Å². The first kappa shape index (κ1) is 15.3. The topological polar surface area (TPSA) is 76.3 Å².